The molecule has 10 heteroatoms. The monoisotopic (exact) mass is 323 g/mol. The second-order valence-corrected chi connectivity index (χ2v) is 5.14. The molecule has 5 N–H and O–H groups in total. The van der Waals surface area contributed by atoms with Crippen LogP contribution in [0.15, 0.2) is 23.8 Å². The predicted octanol–water partition coefficient (Wildman–Crippen LogP) is -1.67. The fraction of sp³-hybridized carbons (Fsp3) is 0.462. The topological polar surface area (TPSA) is 146 Å². The zero-order valence-electron chi connectivity index (χ0n) is 12.1. The van der Waals surface area contributed by atoms with E-state index in [0.29, 0.717) is 6.54 Å². The van der Waals surface area contributed by atoms with Crippen LogP contribution >= 0.6 is 0 Å². The van der Waals surface area contributed by atoms with E-state index in [9.17, 15) is 15.0 Å². The van der Waals surface area contributed by atoms with Gasteiger partial charge in [0.25, 0.3) is 5.56 Å². The summed E-state index contributed by atoms with van der Waals surface area (Å²) in [5.74, 6) is 0.218. The number of rotatable bonds is 5. The molecular formula is C13H17N5O5. The van der Waals surface area contributed by atoms with E-state index < -0.39 is 36.7 Å². The van der Waals surface area contributed by atoms with Crippen LogP contribution in [0.4, 0.5) is 5.95 Å². The van der Waals surface area contributed by atoms with Crippen molar-refractivity contribution in [3.63, 3.8) is 0 Å². The summed E-state index contributed by atoms with van der Waals surface area (Å²) >= 11 is 0. The Balaban J connectivity index is 2.03. The van der Waals surface area contributed by atoms with Gasteiger partial charge in [0.1, 0.15) is 18.3 Å². The summed E-state index contributed by atoms with van der Waals surface area (Å²) in [7, 11) is 0. The Labute approximate surface area is 130 Å². The van der Waals surface area contributed by atoms with Crippen LogP contribution in [0.2, 0.25) is 0 Å². The molecule has 0 aromatic carbocycles. The van der Waals surface area contributed by atoms with Crippen molar-refractivity contribution in [2.45, 2.75) is 24.5 Å². The van der Waals surface area contributed by atoms with Gasteiger partial charge in [0, 0.05) is 6.54 Å². The van der Waals surface area contributed by atoms with Crippen LogP contribution in [0.5, 0.6) is 0 Å². The molecule has 3 rings (SSSR count). The number of fused-ring (bicyclic) bond motifs is 1. The average molecular weight is 323 g/mol. The number of aromatic amines is 1. The van der Waals surface area contributed by atoms with Crippen LogP contribution in [-0.4, -0.2) is 66.3 Å². The Hall–Kier alpha value is -2.27. The lowest BCUT2D eigenvalue weighted by Crippen LogP contribution is -2.33. The Kier molecular flexibility index (Phi) is 4.13. The number of aromatic nitrogens is 4. The van der Waals surface area contributed by atoms with Crippen LogP contribution in [0, 0.1) is 0 Å². The third kappa shape index (κ3) is 2.61. The molecule has 2 unspecified atom stereocenters. The summed E-state index contributed by atoms with van der Waals surface area (Å²) in [5.41, 5.74) is -0.186. The Morgan fingerprint density at radius 2 is 2.26 bits per heavy atom. The number of hydrogen-bond acceptors (Lipinski definition) is 8. The summed E-state index contributed by atoms with van der Waals surface area (Å²) in [6.45, 7) is 3.52. The molecule has 2 aromatic rings. The van der Waals surface area contributed by atoms with Crippen molar-refractivity contribution in [3.05, 3.63) is 29.3 Å². The fourth-order valence-electron chi connectivity index (χ4n) is 2.47. The van der Waals surface area contributed by atoms with Crippen molar-refractivity contribution in [2.24, 2.45) is 0 Å². The van der Waals surface area contributed by atoms with Gasteiger partial charge in [0.15, 0.2) is 17.4 Å². The number of hydrogen-bond donors (Lipinski definition) is 5. The number of aliphatic hydroxyl groups excluding tert-OH is 3. The van der Waals surface area contributed by atoms with Gasteiger partial charge in [-0.25, -0.2) is 4.98 Å². The molecular weight excluding hydrogens is 306 g/mol. The fourth-order valence-corrected chi connectivity index (χ4v) is 2.47. The van der Waals surface area contributed by atoms with Gasteiger partial charge in [0.05, 0.1) is 12.9 Å². The predicted molar refractivity (Wildman–Crippen MR) is 79.8 cm³/mol. The van der Waals surface area contributed by atoms with Crippen LogP contribution in [0.3, 0.4) is 0 Å². The smallest absolute Gasteiger partial charge is 0.280 e. The number of ether oxygens (including phenoxy) is 1. The number of H-pyrrole nitrogens is 1. The summed E-state index contributed by atoms with van der Waals surface area (Å²) < 4.78 is 6.79. The van der Waals surface area contributed by atoms with Gasteiger partial charge in [-0.2, -0.15) is 4.98 Å². The highest BCUT2D eigenvalue weighted by atomic mass is 16.6. The molecule has 1 aliphatic rings. The summed E-state index contributed by atoms with van der Waals surface area (Å²) in [4.78, 5) is 22.8. The Morgan fingerprint density at radius 3 is 2.91 bits per heavy atom. The van der Waals surface area contributed by atoms with Crippen LogP contribution < -0.4 is 10.9 Å². The van der Waals surface area contributed by atoms with Crippen molar-refractivity contribution < 1.29 is 20.1 Å². The Morgan fingerprint density at radius 1 is 1.48 bits per heavy atom. The second kappa shape index (κ2) is 6.08. The first-order chi connectivity index (χ1) is 11.1. The highest BCUT2D eigenvalue weighted by Crippen LogP contribution is 2.30. The first-order valence-electron chi connectivity index (χ1n) is 7.01. The molecule has 0 radical (unpaired) electrons. The maximum absolute atomic E-state index is 12.0. The maximum Gasteiger partial charge on any atom is 0.280 e. The molecule has 0 bridgehead atoms. The van der Waals surface area contributed by atoms with Gasteiger partial charge in [0.2, 0.25) is 5.95 Å². The molecule has 124 valence electrons. The molecule has 2 aromatic heterocycles. The van der Waals surface area contributed by atoms with Crippen molar-refractivity contribution in [2.75, 3.05) is 18.5 Å². The van der Waals surface area contributed by atoms with Crippen molar-refractivity contribution in [1.29, 1.82) is 0 Å². The summed E-state index contributed by atoms with van der Waals surface area (Å²) in [6.07, 6.45) is -1.56. The molecule has 23 heavy (non-hydrogen) atoms. The molecule has 1 aliphatic heterocycles. The largest absolute Gasteiger partial charge is 0.394 e. The van der Waals surface area contributed by atoms with Gasteiger partial charge in [-0.15, -0.1) is 6.58 Å². The molecule has 0 saturated carbocycles. The standard InChI is InChI=1S/C13H17N5O5/c1-2-3-14-13-16-10-7(11(22)17-13)15-5-18(10)12-9(21)8(20)6(4-19)23-12/h2,5-6,8-9,12,19-21H,1,3-4H2,(H2,14,16,17,22)/t6-,8?,9?,12-/m1/s1. The van der Waals surface area contributed by atoms with E-state index in [2.05, 4.69) is 26.8 Å². The normalized spacial score (nSPS) is 27.4. The maximum atomic E-state index is 12.0. The molecule has 0 aliphatic carbocycles. The number of nitrogens with one attached hydrogen (secondary N) is 2. The molecule has 10 nitrogen and oxygen atoms in total. The van der Waals surface area contributed by atoms with Crippen LogP contribution in [0.1, 0.15) is 6.23 Å². The van der Waals surface area contributed by atoms with E-state index in [-0.39, 0.29) is 17.1 Å². The lowest BCUT2D eigenvalue weighted by atomic mass is 10.1. The van der Waals surface area contributed by atoms with E-state index in [1.54, 1.807) is 6.08 Å². The third-order valence-electron chi connectivity index (χ3n) is 3.64. The lowest BCUT2D eigenvalue weighted by Gasteiger charge is -2.16. The number of aliphatic hydroxyl groups is 3. The molecule has 4 atom stereocenters. The number of anilines is 1. The van der Waals surface area contributed by atoms with Gasteiger partial charge in [-0.3, -0.25) is 14.3 Å². The molecule has 3 heterocycles. The van der Waals surface area contributed by atoms with E-state index >= 15 is 0 Å². The molecule has 0 spiro atoms. The van der Waals surface area contributed by atoms with E-state index in [4.69, 9.17) is 9.84 Å². The minimum absolute atomic E-state index is 0.0758. The van der Waals surface area contributed by atoms with E-state index in [1.807, 2.05) is 0 Å². The highest BCUT2D eigenvalue weighted by Gasteiger charge is 2.44. The minimum Gasteiger partial charge on any atom is -0.394 e. The number of nitrogens with zero attached hydrogens (tertiary/aromatic N) is 3. The zero-order valence-corrected chi connectivity index (χ0v) is 12.1. The summed E-state index contributed by atoms with van der Waals surface area (Å²) in [5, 5.41) is 31.9. The van der Waals surface area contributed by atoms with Crippen molar-refractivity contribution in [1.82, 2.24) is 19.5 Å². The number of imidazole rings is 1. The molecule has 0 amide bonds. The molecule has 1 saturated heterocycles. The first-order valence-corrected chi connectivity index (χ1v) is 7.01. The van der Waals surface area contributed by atoms with Crippen molar-refractivity contribution in [3.8, 4) is 0 Å². The first kappa shape index (κ1) is 15.6. The SMILES string of the molecule is C=CCNc1nc2c(ncn2[C@@H]2O[C@H](CO)C(O)C2O)c(=O)[nH]1. The lowest BCUT2D eigenvalue weighted by molar-refractivity contribution is -0.0511. The quantitative estimate of drug-likeness (QED) is 0.411. The Bertz CT molecular complexity index is 772. The van der Waals surface area contributed by atoms with Crippen LogP contribution in [0.25, 0.3) is 11.2 Å². The average Bonchev–Trinajstić information content (AvgIpc) is 3.08. The van der Waals surface area contributed by atoms with Gasteiger partial charge >= 0.3 is 0 Å². The minimum atomic E-state index is -1.28. The summed E-state index contributed by atoms with van der Waals surface area (Å²) in [6, 6.07) is 0. The van der Waals surface area contributed by atoms with Gasteiger partial charge in [-0.05, 0) is 0 Å². The highest BCUT2D eigenvalue weighted by molar-refractivity contribution is 5.71. The van der Waals surface area contributed by atoms with Gasteiger partial charge < -0.3 is 25.4 Å². The van der Waals surface area contributed by atoms with Crippen LogP contribution in [-0.2, 0) is 4.74 Å². The van der Waals surface area contributed by atoms with Gasteiger partial charge in [-0.1, -0.05) is 6.08 Å². The van der Waals surface area contributed by atoms with E-state index in [1.165, 1.54) is 10.9 Å². The second-order valence-electron chi connectivity index (χ2n) is 5.14. The van der Waals surface area contributed by atoms with E-state index in [0.717, 1.165) is 0 Å². The third-order valence-corrected chi connectivity index (χ3v) is 3.64. The molecule has 1 fully saturated rings. The zero-order chi connectivity index (χ0) is 16.6. The van der Waals surface area contributed by atoms with Crippen molar-refractivity contribution >= 4 is 17.1 Å².